The number of alkyl halides is 15. The van der Waals surface area contributed by atoms with Crippen molar-refractivity contribution in [3.63, 3.8) is 0 Å². The molecule has 0 amide bonds. The number of halogens is 18. The molecule has 2 unspecified atom stereocenters. The van der Waals surface area contributed by atoms with E-state index in [1.54, 1.807) is 4.90 Å². The number of hydrogen-bond acceptors (Lipinski definition) is 2. The van der Waals surface area contributed by atoms with E-state index < -0.39 is 42.4 Å². The van der Waals surface area contributed by atoms with Crippen molar-refractivity contribution in [1.29, 1.82) is 0 Å². The van der Waals surface area contributed by atoms with Crippen LogP contribution in [-0.2, 0) is 0 Å². The Kier molecular flexibility index (Phi) is 11.3. The molecule has 0 spiro atoms. The molecular formula is C19H30F18N3P. The van der Waals surface area contributed by atoms with Crippen LogP contribution >= 0.6 is 6.88 Å². The molecule has 1 heterocycles. The quantitative estimate of drug-likeness (QED) is 0.187. The van der Waals surface area contributed by atoms with E-state index in [1.807, 2.05) is 0 Å². The number of likely N-dealkylation sites (N-methyl/N-ethyl adjacent to an activating group) is 2. The fraction of sp³-hybridized carbons (Fsp3) is 1.00. The molecule has 0 saturated carbocycles. The van der Waals surface area contributed by atoms with E-state index in [1.165, 1.54) is 51.9 Å². The van der Waals surface area contributed by atoms with Crippen molar-refractivity contribution in [2.45, 2.75) is 81.3 Å². The first-order valence-electron chi connectivity index (χ1n) is 11.7. The summed E-state index contributed by atoms with van der Waals surface area (Å²) in [5.74, 6) is 0. The molecule has 22 heteroatoms. The van der Waals surface area contributed by atoms with Gasteiger partial charge in [-0.25, -0.2) is 9.80 Å². The van der Waals surface area contributed by atoms with Crippen LogP contribution in [0.4, 0.5) is 78.4 Å². The summed E-state index contributed by atoms with van der Waals surface area (Å²) < 4.78 is 222. The van der Waals surface area contributed by atoms with Crippen LogP contribution in [0.2, 0.25) is 0 Å². The zero-order chi connectivity index (χ0) is 33.4. The monoisotopic (exact) mass is 673 g/mol. The first-order valence-corrected chi connectivity index (χ1v) is 14.1. The Morgan fingerprint density at radius 3 is 1.15 bits per heavy atom. The molecule has 0 aromatic rings. The van der Waals surface area contributed by atoms with Gasteiger partial charge in [0.05, 0.1) is 20.1 Å². The summed E-state index contributed by atoms with van der Waals surface area (Å²) in [5, 5.41) is 0. The third-order valence-corrected chi connectivity index (χ3v) is 10.8. The first-order chi connectivity index (χ1) is 17.8. The summed E-state index contributed by atoms with van der Waals surface area (Å²) >= 11 is 0. The molecule has 1 N–H and O–H groups in total. The van der Waals surface area contributed by atoms with Crippen LogP contribution in [-0.4, -0.2) is 91.9 Å². The second-order valence-electron chi connectivity index (χ2n) is 9.60. The summed E-state index contributed by atoms with van der Waals surface area (Å²) in [7, 11) is 4.60. The SMILES string of the molecule is CCCCN(CCCC)C1N(C)CC[NH+]1C.FC(F)(F)C(F)(F)[P-](F)(F)(F)(C(F)(F)C(F)(F)F)C(F)(F)C(F)(F)F. The van der Waals surface area contributed by atoms with Gasteiger partial charge in [0.2, 0.25) is 6.29 Å². The van der Waals surface area contributed by atoms with Crippen LogP contribution in [0.15, 0.2) is 0 Å². The molecule has 2 atom stereocenters. The van der Waals surface area contributed by atoms with E-state index >= 15 is 0 Å². The average molecular weight is 673 g/mol. The molecule has 1 aliphatic heterocycles. The Balaban J connectivity index is 0.000000856. The van der Waals surface area contributed by atoms with Crippen molar-refractivity contribution in [3.05, 3.63) is 0 Å². The molecule has 1 rings (SSSR count). The number of nitrogens with one attached hydrogen (secondary N) is 1. The Labute approximate surface area is 222 Å². The fourth-order valence-electron chi connectivity index (χ4n) is 3.99. The number of rotatable bonds is 10. The van der Waals surface area contributed by atoms with Crippen LogP contribution in [0.1, 0.15) is 39.5 Å². The van der Waals surface area contributed by atoms with Gasteiger partial charge in [0.1, 0.15) is 0 Å². The Morgan fingerprint density at radius 1 is 0.659 bits per heavy atom. The third-order valence-electron chi connectivity index (χ3n) is 6.48. The van der Waals surface area contributed by atoms with Crippen LogP contribution in [0.5, 0.6) is 0 Å². The zero-order valence-electron chi connectivity index (χ0n) is 21.9. The minimum atomic E-state index is -15.0. The van der Waals surface area contributed by atoms with E-state index in [0.717, 1.165) is 0 Å². The Bertz CT molecular complexity index is 779. The van der Waals surface area contributed by atoms with Gasteiger partial charge in [-0.1, -0.05) is 26.7 Å². The average Bonchev–Trinajstić information content (AvgIpc) is 3.09. The molecule has 1 fully saturated rings. The first kappa shape index (κ1) is 40.1. The molecule has 0 aromatic carbocycles. The molecule has 0 radical (unpaired) electrons. The molecule has 41 heavy (non-hydrogen) atoms. The number of nitrogens with zero attached hydrogens (tertiary/aromatic N) is 2. The van der Waals surface area contributed by atoms with Crippen molar-refractivity contribution in [2.75, 3.05) is 40.3 Å². The van der Waals surface area contributed by atoms with Crippen molar-refractivity contribution in [3.8, 4) is 0 Å². The fourth-order valence-corrected chi connectivity index (χ4v) is 6.67. The maximum atomic E-state index is 13.4. The van der Waals surface area contributed by atoms with E-state index in [9.17, 15) is 78.4 Å². The predicted molar refractivity (Wildman–Crippen MR) is 113 cm³/mol. The van der Waals surface area contributed by atoms with Crippen molar-refractivity contribution >= 4 is 6.88 Å². The number of quaternary nitrogens is 1. The topological polar surface area (TPSA) is 10.9 Å². The number of unbranched alkanes of at least 4 members (excludes halogenated alkanes) is 2. The third kappa shape index (κ3) is 5.81. The molecule has 0 aromatic heterocycles. The van der Waals surface area contributed by atoms with Gasteiger partial charge < -0.3 is 4.90 Å². The molecular weight excluding hydrogens is 643 g/mol. The van der Waals surface area contributed by atoms with Gasteiger partial charge in [0, 0.05) is 13.1 Å². The summed E-state index contributed by atoms with van der Waals surface area (Å²) in [5.41, 5.74) is -29.3. The Hall–Kier alpha value is -0.950. The van der Waals surface area contributed by atoms with E-state index in [4.69, 9.17) is 0 Å². The van der Waals surface area contributed by atoms with Gasteiger partial charge in [-0.15, -0.1) is 0 Å². The van der Waals surface area contributed by atoms with Gasteiger partial charge >= 0.3 is 121 Å². The van der Waals surface area contributed by atoms with Gasteiger partial charge in [0.25, 0.3) is 0 Å². The summed E-state index contributed by atoms with van der Waals surface area (Å²) in [4.78, 5) is 6.87. The van der Waals surface area contributed by atoms with Crippen molar-refractivity contribution < 1.29 is 83.3 Å². The van der Waals surface area contributed by atoms with Crippen LogP contribution in [0.25, 0.3) is 0 Å². The van der Waals surface area contributed by atoms with Crippen LogP contribution < -0.4 is 4.90 Å². The van der Waals surface area contributed by atoms with Gasteiger partial charge in [-0.05, 0) is 19.9 Å². The van der Waals surface area contributed by atoms with Gasteiger partial charge in [0.15, 0.2) is 0 Å². The maximum absolute atomic E-state index is 15.0. The van der Waals surface area contributed by atoms with Crippen LogP contribution in [0.3, 0.4) is 0 Å². The van der Waals surface area contributed by atoms with Crippen molar-refractivity contribution in [2.24, 2.45) is 0 Å². The van der Waals surface area contributed by atoms with E-state index in [0.29, 0.717) is 6.29 Å². The second-order valence-corrected chi connectivity index (χ2v) is 13.9. The molecule has 3 nitrogen and oxygen atoms in total. The molecule has 0 aliphatic carbocycles. The normalized spacial score (nSPS) is 22.3. The standard InChI is InChI=1S/C13H29N3.C6F18P/c1-5-7-9-16(10-8-6-2)13-14(3)11-12-15(13)4;7-1(8,9)4(16,17)25(22,23,24,5(18,19)2(10,11)12)6(20,21)3(13,14)15/h13H,5-12H2,1-4H3;/q;-1/p+1. The molecule has 252 valence electrons. The second kappa shape index (κ2) is 11.5. The predicted octanol–water partition coefficient (Wildman–Crippen LogP) is 7.83. The van der Waals surface area contributed by atoms with Crippen molar-refractivity contribution in [1.82, 2.24) is 9.80 Å². The Morgan fingerprint density at radius 2 is 0.951 bits per heavy atom. The van der Waals surface area contributed by atoms with Gasteiger partial charge in [-0.3, -0.25) is 0 Å². The summed E-state index contributed by atoms with van der Waals surface area (Å²) in [6, 6.07) is 0. The number of hydrogen-bond donors (Lipinski definition) is 1. The van der Waals surface area contributed by atoms with Crippen LogP contribution in [0, 0.1) is 0 Å². The van der Waals surface area contributed by atoms with E-state index in [-0.39, 0.29) is 0 Å². The molecule has 1 aliphatic rings. The van der Waals surface area contributed by atoms with Gasteiger partial charge in [-0.2, -0.15) is 0 Å². The molecule has 0 bridgehead atoms. The molecule has 1 saturated heterocycles. The minimum absolute atomic E-state index is 0.623. The summed E-state index contributed by atoms with van der Waals surface area (Å²) in [6.45, 7) is -5.37. The van der Waals surface area contributed by atoms with E-state index in [2.05, 4.69) is 37.7 Å². The summed E-state index contributed by atoms with van der Waals surface area (Å²) in [6.07, 6.45) is -20.2. The zero-order valence-corrected chi connectivity index (χ0v) is 22.8.